The third-order valence-electron chi connectivity index (χ3n) is 4.95. The number of fused-ring (bicyclic) bond motifs is 2. The van der Waals surface area contributed by atoms with Crippen LogP contribution in [0.5, 0.6) is 11.5 Å². The number of ether oxygens (including phenoxy) is 2. The molecule has 8 nitrogen and oxygen atoms in total. The lowest BCUT2D eigenvalue weighted by Crippen LogP contribution is -2.38. The van der Waals surface area contributed by atoms with Crippen LogP contribution in [0.15, 0.2) is 23.2 Å². The molecule has 2 aliphatic heterocycles. The molecule has 0 bridgehead atoms. The standard InChI is InChI=1S/C19H26N6O2/c1-20-19(22-12-14-6-7-15-16(11-14)27-13-26-15)21-9-8-18-24-23-17-5-3-2-4-10-25(17)18/h6-7,11H,2-5,8-10,12-13H2,1H3,(H2,20,21,22). The van der Waals surface area contributed by atoms with E-state index in [1.54, 1.807) is 7.05 Å². The number of nitrogens with zero attached hydrogens (tertiary/aromatic N) is 4. The van der Waals surface area contributed by atoms with Crippen molar-refractivity contribution >= 4 is 5.96 Å². The van der Waals surface area contributed by atoms with Gasteiger partial charge in [-0.05, 0) is 30.5 Å². The Labute approximate surface area is 159 Å². The van der Waals surface area contributed by atoms with E-state index in [0.717, 1.165) is 60.6 Å². The number of aryl methyl sites for hydroxylation is 1. The zero-order valence-corrected chi connectivity index (χ0v) is 15.7. The molecular weight excluding hydrogens is 344 g/mol. The molecule has 0 aliphatic carbocycles. The van der Waals surface area contributed by atoms with Crippen LogP contribution < -0.4 is 20.1 Å². The molecule has 0 atom stereocenters. The van der Waals surface area contributed by atoms with Gasteiger partial charge < -0.3 is 24.7 Å². The number of aromatic nitrogens is 3. The fourth-order valence-corrected chi connectivity index (χ4v) is 3.48. The van der Waals surface area contributed by atoms with Gasteiger partial charge in [0, 0.05) is 39.5 Å². The van der Waals surface area contributed by atoms with E-state index in [-0.39, 0.29) is 0 Å². The van der Waals surface area contributed by atoms with Crippen LogP contribution in [0.3, 0.4) is 0 Å². The van der Waals surface area contributed by atoms with Crippen molar-refractivity contribution in [3.8, 4) is 11.5 Å². The Bertz CT molecular complexity index is 817. The van der Waals surface area contributed by atoms with Crippen molar-refractivity contribution < 1.29 is 9.47 Å². The molecule has 4 rings (SSSR count). The first-order valence-corrected chi connectivity index (χ1v) is 9.57. The Morgan fingerprint density at radius 3 is 3.00 bits per heavy atom. The van der Waals surface area contributed by atoms with Crippen molar-refractivity contribution in [1.82, 2.24) is 25.4 Å². The van der Waals surface area contributed by atoms with Crippen molar-refractivity contribution in [1.29, 1.82) is 0 Å². The summed E-state index contributed by atoms with van der Waals surface area (Å²) in [6.07, 6.45) is 5.57. The van der Waals surface area contributed by atoms with Gasteiger partial charge in [-0.1, -0.05) is 12.5 Å². The van der Waals surface area contributed by atoms with Crippen molar-refractivity contribution in [2.45, 2.75) is 45.2 Å². The van der Waals surface area contributed by atoms with Crippen LogP contribution in [0.2, 0.25) is 0 Å². The molecule has 0 saturated carbocycles. The first-order valence-electron chi connectivity index (χ1n) is 9.57. The van der Waals surface area contributed by atoms with E-state index in [1.165, 1.54) is 19.3 Å². The quantitative estimate of drug-likeness (QED) is 0.615. The van der Waals surface area contributed by atoms with Crippen molar-refractivity contribution in [3.05, 3.63) is 35.4 Å². The summed E-state index contributed by atoms with van der Waals surface area (Å²) in [5.41, 5.74) is 1.12. The van der Waals surface area contributed by atoms with Crippen molar-refractivity contribution in [3.63, 3.8) is 0 Å². The van der Waals surface area contributed by atoms with Gasteiger partial charge in [-0.15, -0.1) is 10.2 Å². The lowest BCUT2D eigenvalue weighted by atomic mass is 10.2. The molecule has 2 N–H and O–H groups in total. The molecule has 0 spiro atoms. The maximum atomic E-state index is 5.42. The number of nitrogens with one attached hydrogen (secondary N) is 2. The van der Waals surface area contributed by atoms with Gasteiger partial charge in [0.25, 0.3) is 0 Å². The Morgan fingerprint density at radius 1 is 1.15 bits per heavy atom. The first-order chi connectivity index (χ1) is 13.3. The van der Waals surface area contributed by atoms with Crippen molar-refractivity contribution in [2.24, 2.45) is 4.99 Å². The zero-order chi connectivity index (χ0) is 18.5. The SMILES string of the molecule is CN=C(NCCc1nnc2n1CCCCC2)NCc1ccc2c(c1)OCO2. The minimum absolute atomic E-state index is 0.293. The van der Waals surface area contributed by atoms with E-state index >= 15 is 0 Å². The summed E-state index contributed by atoms with van der Waals surface area (Å²) < 4.78 is 13.1. The molecule has 1 aromatic carbocycles. The fourth-order valence-electron chi connectivity index (χ4n) is 3.48. The average molecular weight is 370 g/mol. The molecule has 3 heterocycles. The van der Waals surface area contributed by atoms with Crippen LogP contribution in [0.1, 0.15) is 36.5 Å². The summed E-state index contributed by atoms with van der Waals surface area (Å²) in [7, 11) is 1.78. The lowest BCUT2D eigenvalue weighted by Gasteiger charge is -2.12. The smallest absolute Gasteiger partial charge is 0.231 e. The minimum Gasteiger partial charge on any atom is -0.454 e. The van der Waals surface area contributed by atoms with E-state index in [1.807, 2.05) is 18.2 Å². The van der Waals surface area contributed by atoms with Crippen LogP contribution in [0, 0.1) is 0 Å². The van der Waals surface area contributed by atoms with E-state index in [2.05, 4.69) is 30.4 Å². The third-order valence-corrected chi connectivity index (χ3v) is 4.95. The summed E-state index contributed by atoms with van der Waals surface area (Å²) in [4.78, 5) is 4.29. The normalized spacial score (nSPS) is 16.0. The number of guanidine groups is 1. The summed E-state index contributed by atoms with van der Waals surface area (Å²) >= 11 is 0. The highest BCUT2D eigenvalue weighted by Gasteiger charge is 2.15. The maximum absolute atomic E-state index is 5.42. The minimum atomic E-state index is 0.293. The first kappa shape index (κ1) is 17.6. The largest absolute Gasteiger partial charge is 0.454 e. The number of aliphatic imine (C=N–C) groups is 1. The summed E-state index contributed by atoms with van der Waals surface area (Å²) in [6, 6.07) is 5.96. The average Bonchev–Trinajstić information content (AvgIpc) is 3.24. The highest BCUT2D eigenvalue weighted by molar-refractivity contribution is 5.79. The lowest BCUT2D eigenvalue weighted by molar-refractivity contribution is 0.174. The van der Waals surface area contributed by atoms with Crippen LogP contribution in [0.4, 0.5) is 0 Å². The highest BCUT2D eigenvalue weighted by Crippen LogP contribution is 2.32. The van der Waals surface area contributed by atoms with Crippen LogP contribution >= 0.6 is 0 Å². The molecule has 8 heteroatoms. The Kier molecular flexibility index (Phi) is 5.41. The van der Waals surface area contributed by atoms with E-state index in [4.69, 9.17) is 9.47 Å². The number of rotatable bonds is 5. The number of benzene rings is 1. The molecule has 0 unspecified atom stereocenters. The molecule has 27 heavy (non-hydrogen) atoms. The predicted molar refractivity (Wildman–Crippen MR) is 102 cm³/mol. The molecule has 2 aliphatic rings. The van der Waals surface area contributed by atoms with Gasteiger partial charge in [-0.2, -0.15) is 0 Å². The topological polar surface area (TPSA) is 85.6 Å². The Balaban J connectivity index is 1.27. The van der Waals surface area contributed by atoms with Crippen molar-refractivity contribution in [2.75, 3.05) is 20.4 Å². The van der Waals surface area contributed by atoms with Crippen LogP contribution in [0.25, 0.3) is 0 Å². The molecule has 0 fully saturated rings. The molecule has 1 aromatic heterocycles. The summed E-state index contributed by atoms with van der Waals surface area (Å²) in [5.74, 6) is 4.56. The Morgan fingerprint density at radius 2 is 2.07 bits per heavy atom. The second kappa shape index (κ2) is 8.28. The molecule has 0 saturated heterocycles. The van der Waals surface area contributed by atoms with Gasteiger partial charge in [-0.3, -0.25) is 4.99 Å². The van der Waals surface area contributed by atoms with E-state index < -0.39 is 0 Å². The Hall–Kier alpha value is -2.77. The van der Waals surface area contributed by atoms with E-state index in [9.17, 15) is 0 Å². The third kappa shape index (κ3) is 4.15. The molecule has 2 aromatic rings. The van der Waals surface area contributed by atoms with Gasteiger partial charge in [0.2, 0.25) is 6.79 Å². The zero-order valence-electron chi connectivity index (χ0n) is 15.7. The summed E-state index contributed by atoms with van der Waals surface area (Å²) in [6.45, 7) is 2.76. The molecule has 0 radical (unpaired) electrons. The maximum Gasteiger partial charge on any atom is 0.231 e. The van der Waals surface area contributed by atoms with Gasteiger partial charge in [0.05, 0.1) is 0 Å². The fraction of sp³-hybridized carbons (Fsp3) is 0.526. The van der Waals surface area contributed by atoms with Gasteiger partial charge >= 0.3 is 0 Å². The van der Waals surface area contributed by atoms with Gasteiger partial charge in [0.15, 0.2) is 17.5 Å². The second-order valence-electron chi connectivity index (χ2n) is 6.78. The van der Waals surface area contributed by atoms with Gasteiger partial charge in [0.1, 0.15) is 11.6 Å². The summed E-state index contributed by atoms with van der Waals surface area (Å²) in [5, 5.41) is 15.4. The molecular formula is C19H26N6O2. The second-order valence-corrected chi connectivity index (χ2v) is 6.78. The highest BCUT2D eigenvalue weighted by atomic mass is 16.7. The van der Waals surface area contributed by atoms with E-state index in [0.29, 0.717) is 13.3 Å². The van der Waals surface area contributed by atoms with Gasteiger partial charge in [-0.25, -0.2) is 0 Å². The van der Waals surface area contributed by atoms with Crippen LogP contribution in [-0.2, 0) is 25.9 Å². The molecule has 0 amide bonds. The number of hydrogen-bond acceptors (Lipinski definition) is 5. The number of hydrogen-bond donors (Lipinski definition) is 2. The molecule has 144 valence electrons. The predicted octanol–water partition coefficient (Wildman–Crippen LogP) is 1.64. The van der Waals surface area contributed by atoms with Crippen LogP contribution in [-0.4, -0.2) is 41.1 Å². The monoisotopic (exact) mass is 370 g/mol.